The van der Waals surface area contributed by atoms with E-state index in [0.29, 0.717) is 28.1 Å². The molecule has 0 saturated heterocycles. The third-order valence-corrected chi connectivity index (χ3v) is 6.10. The number of nitrogens with two attached hydrogens (primary N) is 1. The number of carbonyl (C=O) groups excluding carboxylic acids is 4. The van der Waals surface area contributed by atoms with E-state index in [1.165, 1.54) is 12.1 Å². The summed E-state index contributed by atoms with van der Waals surface area (Å²) in [6.45, 7) is 1.65. The summed E-state index contributed by atoms with van der Waals surface area (Å²) in [4.78, 5) is 68.8. The molecule has 0 unspecified atom stereocenters. The van der Waals surface area contributed by atoms with Crippen LogP contribution in [0.4, 0.5) is 5.69 Å². The lowest BCUT2D eigenvalue weighted by Gasteiger charge is -2.18. The molecule has 0 spiro atoms. The van der Waals surface area contributed by atoms with Gasteiger partial charge in [-0.1, -0.05) is 18.2 Å². The molecule has 1 aliphatic rings. The van der Waals surface area contributed by atoms with Crippen LogP contribution in [0.5, 0.6) is 5.75 Å². The number of carboxylic acid groups (broad SMARTS) is 1. The van der Waals surface area contributed by atoms with E-state index in [1.54, 1.807) is 37.3 Å². The van der Waals surface area contributed by atoms with Crippen LogP contribution in [0.2, 0.25) is 0 Å². The van der Waals surface area contributed by atoms with Gasteiger partial charge in [-0.05, 0) is 41.8 Å². The number of carboxylic acids is 1. The minimum atomic E-state index is -1.06. The van der Waals surface area contributed by atoms with Crippen molar-refractivity contribution in [2.24, 2.45) is 5.73 Å². The first-order valence-electron chi connectivity index (χ1n) is 12.1. The van der Waals surface area contributed by atoms with E-state index in [-0.39, 0.29) is 48.3 Å². The maximum absolute atomic E-state index is 13.2. The maximum atomic E-state index is 13.2. The predicted octanol–water partition coefficient (Wildman–Crippen LogP) is 0.421. The van der Waals surface area contributed by atoms with Crippen molar-refractivity contribution in [2.45, 2.75) is 20.0 Å². The highest BCUT2D eigenvalue weighted by molar-refractivity contribution is 5.99. The number of carbonyl (C=O) groups is 5. The van der Waals surface area contributed by atoms with Crippen molar-refractivity contribution >= 4 is 41.1 Å². The van der Waals surface area contributed by atoms with Crippen LogP contribution in [0.1, 0.15) is 58.6 Å². The zero-order valence-corrected chi connectivity index (χ0v) is 21.4. The Labute approximate surface area is 230 Å². The van der Waals surface area contributed by atoms with Gasteiger partial charge in [-0.15, -0.1) is 5.10 Å². The van der Waals surface area contributed by atoms with Crippen LogP contribution >= 0.6 is 0 Å². The van der Waals surface area contributed by atoms with Crippen LogP contribution in [0.25, 0.3) is 5.78 Å². The number of aryl methyl sites for hydroxylation is 1. The Morgan fingerprint density at radius 3 is 2.44 bits per heavy atom. The van der Waals surface area contributed by atoms with Gasteiger partial charge in [-0.25, -0.2) is 9.78 Å². The first kappa shape index (κ1) is 26.7. The molecule has 0 atom stereocenters. The molecule has 0 aliphatic carbocycles. The number of anilines is 1. The first-order chi connectivity index (χ1) is 19.6. The van der Waals surface area contributed by atoms with Crippen molar-refractivity contribution in [1.29, 1.82) is 0 Å². The SMILES string of the molecule is Cc1cc(CNC(=O)c2cc(C(=O)NCc3ccc4c(c3)NC(=O)CO4)nc3nc(C(N)=O)nn23)ccc1C(=O)O. The number of rotatable bonds is 8. The number of nitrogens with zero attached hydrogens (tertiary/aromatic N) is 4. The fraction of sp³-hybridized carbons (Fsp3) is 0.154. The summed E-state index contributed by atoms with van der Waals surface area (Å²) in [7, 11) is 0. The van der Waals surface area contributed by atoms with Gasteiger partial charge in [0, 0.05) is 19.2 Å². The number of primary amides is 1. The van der Waals surface area contributed by atoms with Gasteiger partial charge in [0.2, 0.25) is 5.82 Å². The third kappa shape index (κ3) is 5.63. The molecule has 0 saturated carbocycles. The standard InChI is InChI=1S/C26H22N8O7/c1-12-6-13(2-4-15(12)25(39)40)9-29-24(38)18-8-17(31-26-32-22(21(27)36)33-34(18)26)23(37)28-10-14-3-5-19-16(7-14)30-20(35)11-41-19/h2-8H,9-11H2,1H3,(H2,27,36)(H,28,37)(H,29,38)(H,30,35)(H,39,40). The normalized spacial score (nSPS) is 12.2. The Hall–Kier alpha value is -5.86. The van der Waals surface area contributed by atoms with E-state index in [1.807, 2.05) is 0 Å². The molecule has 5 rings (SSSR count). The van der Waals surface area contributed by atoms with E-state index < -0.39 is 29.5 Å². The zero-order chi connectivity index (χ0) is 29.3. The van der Waals surface area contributed by atoms with Crippen LogP contribution in [0.15, 0.2) is 42.5 Å². The van der Waals surface area contributed by atoms with Crippen LogP contribution in [0, 0.1) is 6.92 Å². The molecule has 208 valence electrons. The summed E-state index contributed by atoms with van der Waals surface area (Å²) in [5.41, 5.74) is 7.39. The highest BCUT2D eigenvalue weighted by atomic mass is 16.5. The average molecular weight is 559 g/mol. The molecule has 0 bridgehead atoms. The van der Waals surface area contributed by atoms with E-state index in [2.05, 4.69) is 31.0 Å². The van der Waals surface area contributed by atoms with Crippen molar-refractivity contribution in [1.82, 2.24) is 30.2 Å². The number of hydrogen-bond donors (Lipinski definition) is 5. The Morgan fingerprint density at radius 1 is 1.02 bits per heavy atom. The van der Waals surface area contributed by atoms with Crippen LogP contribution in [-0.2, 0) is 17.9 Å². The lowest BCUT2D eigenvalue weighted by Crippen LogP contribution is -2.29. The lowest BCUT2D eigenvalue weighted by molar-refractivity contribution is -0.118. The fourth-order valence-electron chi connectivity index (χ4n) is 4.11. The molecule has 2 aromatic carbocycles. The molecular weight excluding hydrogens is 536 g/mol. The maximum Gasteiger partial charge on any atom is 0.335 e. The van der Waals surface area contributed by atoms with Gasteiger partial charge in [-0.2, -0.15) is 9.50 Å². The third-order valence-electron chi connectivity index (χ3n) is 6.10. The number of hydrogen-bond acceptors (Lipinski definition) is 9. The van der Waals surface area contributed by atoms with Crippen LogP contribution in [-0.4, -0.2) is 60.9 Å². The summed E-state index contributed by atoms with van der Waals surface area (Å²) in [5.74, 6) is -3.72. The van der Waals surface area contributed by atoms with Gasteiger partial charge in [0.15, 0.2) is 6.61 Å². The summed E-state index contributed by atoms with van der Waals surface area (Å²) >= 11 is 0. The first-order valence-corrected chi connectivity index (χ1v) is 12.1. The smallest absolute Gasteiger partial charge is 0.335 e. The predicted molar refractivity (Wildman–Crippen MR) is 140 cm³/mol. The molecule has 1 aliphatic heterocycles. The van der Waals surface area contributed by atoms with Gasteiger partial charge >= 0.3 is 5.97 Å². The highest BCUT2D eigenvalue weighted by Crippen LogP contribution is 2.28. The number of aromatic carboxylic acids is 1. The summed E-state index contributed by atoms with van der Waals surface area (Å²) in [6.07, 6.45) is 0. The van der Waals surface area contributed by atoms with Crippen molar-refractivity contribution in [2.75, 3.05) is 11.9 Å². The quantitative estimate of drug-likeness (QED) is 0.201. The number of aromatic nitrogens is 4. The minimum absolute atomic E-state index is 0.0286. The fourth-order valence-corrected chi connectivity index (χ4v) is 4.11. The molecule has 2 aromatic heterocycles. The van der Waals surface area contributed by atoms with E-state index in [0.717, 1.165) is 4.52 Å². The molecule has 0 radical (unpaired) electrons. The monoisotopic (exact) mass is 558 g/mol. The van der Waals surface area contributed by atoms with E-state index in [9.17, 15) is 29.1 Å². The van der Waals surface area contributed by atoms with Crippen molar-refractivity contribution < 1.29 is 33.8 Å². The number of ether oxygens (including phenoxy) is 1. The van der Waals surface area contributed by atoms with E-state index >= 15 is 0 Å². The number of benzene rings is 2. The molecule has 6 N–H and O–H groups in total. The zero-order valence-electron chi connectivity index (χ0n) is 21.4. The topological polar surface area (TPSA) is 220 Å². The largest absolute Gasteiger partial charge is 0.482 e. The molecule has 0 fully saturated rings. The molecule has 4 aromatic rings. The van der Waals surface area contributed by atoms with Gasteiger partial charge in [0.1, 0.15) is 17.1 Å². The minimum Gasteiger partial charge on any atom is -0.482 e. The van der Waals surface area contributed by atoms with Crippen LogP contribution in [0.3, 0.4) is 0 Å². The summed E-state index contributed by atoms with van der Waals surface area (Å²) in [5, 5.41) is 21.2. The molecule has 15 heteroatoms. The van der Waals surface area contributed by atoms with Crippen molar-refractivity contribution in [3.05, 3.63) is 81.9 Å². The Morgan fingerprint density at radius 2 is 1.73 bits per heavy atom. The second-order valence-corrected chi connectivity index (χ2v) is 9.03. The molecular formula is C26H22N8O7. The van der Waals surface area contributed by atoms with Gasteiger partial charge in [-0.3, -0.25) is 19.2 Å². The molecule has 41 heavy (non-hydrogen) atoms. The lowest BCUT2D eigenvalue weighted by atomic mass is 10.1. The second kappa shape index (κ2) is 10.7. The Bertz CT molecular complexity index is 1760. The molecule has 15 nitrogen and oxygen atoms in total. The van der Waals surface area contributed by atoms with Gasteiger partial charge in [0.05, 0.1) is 11.3 Å². The van der Waals surface area contributed by atoms with Gasteiger partial charge in [0.25, 0.3) is 29.4 Å². The Balaban J connectivity index is 1.37. The second-order valence-electron chi connectivity index (χ2n) is 9.03. The molecule has 4 amide bonds. The van der Waals surface area contributed by atoms with Crippen molar-refractivity contribution in [3.63, 3.8) is 0 Å². The highest BCUT2D eigenvalue weighted by Gasteiger charge is 2.22. The van der Waals surface area contributed by atoms with E-state index in [4.69, 9.17) is 10.5 Å². The number of amides is 4. The number of nitrogens with one attached hydrogen (secondary N) is 3. The average Bonchev–Trinajstić information content (AvgIpc) is 3.38. The number of fused-ring (bicyclic) bond motifs is 2. The molecule has 3 heterocycles. The van der Waals surface area contributed by atoms with Gasteiger partial charge < -0.3 is 31.5 Å². The Kier molecular flexibility index (Phi) is 6.99. The van der Waals surface area contributed by atoms with Crippen molar-refractivity contribution in [3.8, 4) is 5.75 Å². The summed E-state index contributed by atoms with van der Waals surface area (Å²) < 4.78 is 6.33. The summed E-state index contributed by atoms with van der Waals surface area (Å²) in [6, 6.07) is 10.9. The van der Waals surface area contributed by atoms with Crippen LogP contribution < -0.4 is 26.4 Å².